The highest BCUT2D eigenvalue weighted by Crippen LogP contribution is 2.45. The number of amides is 1. The van der Waals surface area contributed by atoms with E-state index in [1.807, 2.05) is 45.9 Å². The second-order valence-electron chi connectivity index (χ2n) is 8.18. The Hall–Kier alpha value is -2.67. The van der Waals surface area contributed by atoms with E-state index in [-0.39, 0.29) is 17.8 Å². The maximum absolute atomic E-state index is 14.5. The highest BCUT2D eigenvalue weighted by atomic mass is 32.2. The molecule has 1 atom stereocenters. The van der Waals surface area contributed by atoms with E-state index in [0.717, 1.165) is 44.3 Å². The molecule has 1 saturated heterocycles. The molecule has 3 aromatic rings. The number of benzene rings is 2. The summed E-state index contributed by atoms with van der Waals surface area (Å²) in [7, 11) is 0. The summed E-state index contributed by atoms with van der Waals surface area (Å²) in [4.78, 5) is 15.5. The number of aromatic nitrogens is 3. The zero-order valence-corrected chi connectivity index (χ0v) is 18.1. The van der Waals surface area contributed by atoms with Crippen LogP contribution in [0.5, 0.6) is 0 Å². The molecule has 160 valence electrons. The SMILES string of the molecule is O=C([C@H](Sc1nnc(-c2ccccc2F)n1C1CC1)c1ccccc1)N1CCCCC1. The summed E-state index contributed by atoms with van der Waals surface area (Å²) in [6, 6.07) is 16.8. The number of rotatable bonds is 6. The number of carbonyl (C=O) groups excluding carboxylic acids is 1. The van der Waals surface area contributed by atoms with E-state index < -0.39 is 5.25 Å². The van der Waals surface area contributed by atoms with Crippen molar-refractivity contribution in [1.82, 2.24) is 19.7 Å². The van der Waals surface area contributed by atoms with E-state index in [9.17, 15) is 9.18 Å². The summed E-state index contributed by atoms with van der Waals surface area (Å²) in [5, 5.41) is 9.07. The van der Waals surface area contributed by atoms with Crippen molar-refractivity contribution in [2.75, 3.05) is 13.1 Å². The van der Waals surface area contributed by atoms with Gasteiger partial charge in [-0.2, -0.15) is 0 Å². The topological polar surface area (TPSA) is 51.0 Å². The largest absolute Gasteiger partial charge is 0.341 e. The van der Waals surface area contributed by atoms with Gasteiger partial charge in [-0.1, -0.05) is 54.2 Å². The first-order chi connectivity index (χ1) is 15.2. The number of halogens is 1. The summed E-state index contributed by atoms with van der Waals surface area (Å²) >= 11 is 1.44. The maximum atomic E-state index is 14.5. The molecule has 2 fully saturated rings. The fourth-order valence-corrected chi connectivity index (χ4v) is 5.31. The Balaban J connectivity index is 1.51. The molecule has 1 saturated carbocycles. The van der Waals surface area contributed by atoms with Gasteiger partial charge in [0.15, 0.2) is 11.0 Å². The van der Waals surface area contributed by atoms with Crippen molar-refractivity contribution in [1.29, 1.82) is 0 Å². The van der Waals surface area contributed by atoms with Gasteiger partial charge >= 0.3 is 0 Å². The minimum absolute atomic E-state index is 0.119. The van der Waals surface area contributed by atoms with Crippen molar-refractivity contribution in [2.24, 2.45) is 0 Å². The number of nitrogens with zero attached hydrogens (tertiary/aromatic N) is 4. The van der Waals surface area contributed by atoms with Gasteiger partial charge in [0.1, 0.15) is 11.1 Å². The zero-order valence-electron chi connectivity index (χ0n) is 17.3. The molecule has 0 bridgehead atoms. The number of hydrogen-bond donors (Lipinski definition) is 0. The summed E-state index contributed by atoms with van der Waals surface area (Å²) in [6.45, 7) is 1.61. The number of thioether (sulfide) groups is 1. The van der Waals surface area contributed by atoms with Gasteiger partial charge in [0.2, 0.25) is 5.91 Å². The van der Waals surface area contributed by atoms with Crippen LogP contribution in [0.1, 0.15) is 49.0 Å². The molecule has 31 heavy (non-hydrogen) atoms. The Morgan fingerprint density at radius 2 is 1.68 bits per heavy atom. The third kappa shape index (κ3) is 4.24. The lowest BCUT2D eigenvalue weighted by molar-refractivity contribution is -0.131. The summed E-state index contributed by atoms with van der Waals surface area (Å²) in [6.07, 6.45) is 5.31. The van der Waals surface area contributed by atoms with E-state index in [1.165, 1.54) is 24.2 Å². The van der Waals surface area contributed by atoms with Crippen LogP contribution in [0, 0.1) is 5.82 Å². The summed E-state index contributed by atoms with van der Waals surface area (Å²) in [5.41, 5.74) is 1.41. The predicted molar refractivity (Wildman–Crippen MR) is 119 cm³/mol. The van der Waals surface area contributed by atoms with Gasteiger partial charge in [0, 0.05) is 19.1 Å². The molecule has 0 unspecified atom stereocenters. The Labute approximate surface area is 185 Å². The van der Waals surface area contributed by atoms with Crippen LogP contribution >= 0.6 is 11.8 Å². The normalized spacial score (nSPS) is 17.5. The predicted octanol–water partition coefficient (Wildman–Crippen LogP) is 5.27. The van der Waals surface area contributed by atoms with E-state index in [2.05, 4.69) is 10.2 Å². The van der Waals surface area contributed by atoms with Crippen LogP contribution in [0.25, 0.3) is 11.4 Å². The van der Waals surface area contributed by atoms with Gasteiger partial charge in [-0.3, -0.25) is 9.36 Å². The van der Waals surface area contributed by atoms with Gasteiger partial charge in [-0.25, -0.2) is 4.39 Å². The van der Waals surface area contributed by atoms with Gasteiger partial charge in [0.05, 0.1) is 5.56 Å². The fraction of sp³-hybridized carbons (Fsp3) is 0.375. The van der Waals surface area contributed by atoms with Crippen LogP contribution in [0.15, 0.2) is 59.8 Å². The molecule has 5 nitrogen and oxygen atoms in total. The van der Waals surface area contributed by atoms with Crippen LogP contribution in [0.4, 0.5) is 4.39 Å². The highest BCUT2D eigenvalue weighted by Gasteiger charge is 2.34. The average Bonchev–Trinajstić information content (AvgIpc) is 3.58. The molecular weight excluding hydrogens is 411 g/mol. The van der Waals surface area contributed by atoms with Gasteiger partial charge < -0.3 is 4.90 Å². The highest BCUT2D eigenvalue weighted by molar-refractivity contribution is 8.00. The van der Waals surface area contributed by atoms with Crippen molar-refractivity contribution in [2.45, 2.75) is 48.6 Å². The van der Waals surface area contributed by atoms with Crippen molar-refractivity contribution >= 4 is 17.7 Å². The molecule has 0 radical (unpaired) electrons. The first kappa shape index (κ1) is 20.2. The lowest BCUT2D eigenvalue weighted by atomic mass is 10.1. The molecule has 2 aliphatic rings. The first-order valence-corrected chi connectivity index (χ1v) is 11.8. The number of likely N-dealkylation sites (tertiary alicyclic amines) is 1. The first-order valence-electron chi connectivity index (χ1n) is 10.9. The maximum Gasteiger partial charge on any atom is 0.240 e. The van der Waals surface area contributed by atoms with E-state index in [4.69, 9.17) is 0 Å². The molecular formula is C24H25FN4OS. The van der Waals surface area contributed by atoms with Crippen LogP contribution < -0.4 is 0 Å². The van der Waals surface area contributed by atoms with Gasteiger partial charge in [-0.15, -0.1) is 10.2 Å². The van der Waals surface area contributed by atoms with Crippen LogP contribution in [0.2, 0.25) is 0 Å². The molecule has 0 N–H and O–H groups in total. The molecule has 1 aromatic heterocycles. The summed E-state index contributed by atoms with van der Waals surface area (Å²) in [5.74, 6) is 0.353. The Morgan fingerprint density at radius 3 is 2.39 bits per heavy atom. The van der Waals surface area contributed by atoms with Gasteiger partial charge in [-0.05, 0) is 49.8 Å². The standard InChI is InChI=1S/C24H25FN4OS/c25-20-12-6-5-11-19(20)22-26-27-24(29(22)18-13-14-18)31-21(17-9-3-1-4-10-17)23(30)28-15-7-2-8-16-28/h1,3-6,9-12,18,21H,2,7-8,13-16H2/t21-/m1/s1. The van der Waals surface area contributed by atoms with Crippen molar-refractivity contribution in [3.63, 3.8) is 0 Å². The Kier molecular flexibility index (Phi) is 5.76. The summed E-state index contributed by atoms with van der Waals surface area (Å²) < 4.78 is 16.5. The molecule has 1 amide bonds. The third-order valence-electron chi connectivity index (χ3n) is 5.91. The van der Waals surface area contributed by atoms with Crippen LogP contribution in [-0.2, 0) is 4.79 Å². The molecule has 2 heterocycles. The average molecular weight is 437 g/mol. The molecule has 7 heteroatoms. The van der Waals surface area contributed by atoms with Crippen LogP contribution in [-0.4, -0.2) is 38.7 Å². The van der Waals surface area contributed by atoms with Crippen molar-refractivity contribution in [3.05, 3.63) is 66.0 Å². The number of carbonyl (C=O) groups is 1. The molecule has 5 rings (SSSR count). The molecule has 2 aromatic carbocycles. The minimum Gasteiger partial charge on any atom is -0.341 e. The monoisotopic (exact) mass is 436 g/mol. The lowest BCUT2D eigenvalue weighted by Gasteiger charge is -2.30. The van der Waals surface area contributed by atoms with E-state index in [1.54, 1.807) is 12.1 Å². The minimum atomic E-state index is -0.394. The second kappa shape index (κ2) is 8.83. The molecule has 0 spiro atoms. The van der Waals surface area contributed by atoms with Crippen molar-refractivity contribution < 1.29 is 9.18 Å². The van der Waals surface area contributed by atoms with E-state index >= 15 is 0 Å². The van der Waals surface area contributed by atoms with E-state index in [0.29, 0.717) is 16.5 Å². The Morgan fingerprint density at radius 1 is 0.968 bits per heavy atom. The third-order valence-corrected chi connectivity index (χ3v) is 7.11. The lowest BCUT2D eigenvalue weighted by Crippen LogP contribution is -2.38. The second-order valence-corrected chi connectivity index (χ2v) is 9.25. The molecule has 1 aliphatic carbocycles. The Bertz CT molecular complexity index is 1060. The zero-order chi connectivity index (χ0) is 21.2. The van der Waals surface area contributed by atoms with Gasteiger partial charge in [0.25, 0.3) is 0 Å². The van der Waals surface area contributed by atoms with Crippen molar-refractivity contribution in [3.8, 4) is 11.4 Å². The molecule has 1 aliphatic heterocycles. The fourth-order valence-electron chi connectivity index (χ4n) is 4.12. The van der Waals surface area contributed by atoms with Crippen LogP contribution in [0.3, 0.4) is 0 Å². The quantitative estimate of drug-likeness (QED) is 0.494. The number of hydrogen-bond acceptors (Lipinski definition) is 4. The number of piperidine rings is 1. The smallest absolute Gasteiger partial charge is 0.240 e.